The van der Waals surface area contributed by atoms with Gasteiger partial charge in [0.1, 0.15) is 5.76 Å². The molecule has 1 N–H and O–H groups in total. The molecule has 2 aromatic rings. The number of amides is 1. The number of carbonyl (C=O) groups excluding carboxylic acids is 2. The van der Waals surface area contributed by atoms with Gasteiger partial charge in [0.25, 0.3) is 11.7 Å². The van der Waals surface area contributed by atoms with E-state index in [9.17, 15) is 14.7 Å². The minimum atomic E-state index is -0.765. The van der Waals surface area contributed by atoms with Crippen LogP contribution in [0.5, 0.6) is 11.5 Å². The van der Waals surface area contributed by atoms with Crippen molar-refractivity contribution >= 4 is 29.1 Å². The van der Waals surface area contributed by atoms with Crippen LogP contribution in [0, 0.1) is 0 Å². The zero-order valence-corrected chi connectivity index (χ0v) is 17.9. The molecule has 1 fully saturated rings. The second-order valence-electron chi connectivity index (χ2n) is 7.53. The summed E-state index contributed by atoms with van der Waals surface area (Å²) in [6, 6.07) is 10.9. The van der Waals surface area contributed by atoms with Gasteiger partial charge in [-0.2, -0.15) is 0 Å². The summed E-state index contributed by atoms with van der Waals surface area (Å²) >= 11 is 6.02. The van der Waals surface area contributed by atoms with Crippen LogP contribution < -0.4 is 9.47 Å². The molecular weight excluding hydrogens is 422 g/mol. The van der Waals surface area contributed by atoms with Gasteiger partial charge in [-0.25, -0.2) is 0 Å². The predicted octanol–water partition coefficient (Wildman–Crippen LogP) is 3.92. The first-order chi connectivity index (χ1) is 14.9. The molecule has 1 amide bonds. The monoisotopic (exact) mass is 443 g/mol. The molecule has 2 aromatic carbocycles. The highest BCUT2D eigenvalue weighted by Crippen LogP contribution is 2.41. The van der Waals surface area contributed by atoms with Crippen LogP contribution in [0.2, 0.25) is 5.02 Å². The molecule has 2 aliphatic rings. The minimum absolute atomic E-state index is 0.00994. The van der Waals surface area contributed by atoms with E-state index in [1.807, 2.05) is 13.8 Å². The van der Waals surface area contributed by atoms with Crippen molar-refractivity contribution in [2.45, 2.75) is 26.0 Å². The fourth-order valence-electron chi connectivity index (χ4n) is 3.69. The summed E-state index contributed by atoms with van der Waals surface area (Å²) in [6.45, 7) is 4.34. The lowest BCUT2D eigenvalue weighted by Crippen LogP contribution is -2.33. The van der Waals surface area contributed by atoms with Gasteiger partial charge >= 0.3 is 0 Å². The van der Waals surface area contributed by atoms with Gasteiger partial charge in [0, 0.05) is 17.1 Å². The molecule has 4 rings (SSSR count). The van der Waals surface area contributed by atoms with Gasteiger partial charge in [-0.15, -0.1) is 0 Å². The number of ether oxygens (including phenoxy) is 3. The number of fused-ring (bicyclic) bond motifs is 1. The number of carbonyl (C=O) groups is 2. The molecule has 162 valence electrons. The third-order valence-electron chi connectivity index (χ3n) is 5.16. The van der Waals surface area contributed by atoms with E-state index < -0.39 is 17.7 Å². The fourth-order valence-corrected chi connectivity index (χ4v) is 3.81. The summed E-state index contributed by atoms with van der Waals surface area (Å²) in [4.78, 5) is 27.3. The van der Waals surface area contributed by atoms with Crippen molar-refractivity contribution in [3.05, 3.63) is 64.2 Å². The van der Waals surface area contributed by atoms with E-state index in [1.165, 1.54) is 4.90 Å². The highest BCUT2D eigenvalue weighted by Gasteiger charge is 2.46. The maximum absolute atomic E-state index is 13.0. The molecule has 8 heteroatoms. The van der Waals surface area contributed by atoms with Gasteiger partial charge < -0.3 is 24.2 Å². The highest BCUT2D eigenvalue weighted by molar-refractivity contribution is 6.46. The van der Waals surface area contributed by atoms with Crippen molar-refractivity contribution in [2.75, 3.05) is 19.9 Å². The molecule has 0 saturated carbocycles. The van der Waals surface area contributed by atoms with Crippen LogP contribution in [0.4, 0.5) is 0 Å². The van der Waals surface area contributed by atoms with Crippen molar-refractivity contribution in [1.82, 2.24) is 4.90 Å². The Kier molecular flexibility index (Phi) is 5.89. The van der Waals surface area contributed by atoms with Gasteiger partial charge in [0.05, 0.1) is 24.3 Å². The van der Waals surface area contributed by atoms with E-state index in [-0.39, 0.29) is 37.4 Å². The number of benzene rings is 2. The third-order valence-corrected chi connectivity index (χ3v) is 5.41. The number of ketones is 1. The number of likely N-dealkylation sites (tertiary alicyclic amines) is 1. The van der Waals surface area contributed by atoms with E-state index in [0.717, 1.165) is 0 Å². The molecule has 31 heavy (non-hydrogen) atoms. The van der Waals surface area contributed by atoms with Crippen LogP contribution in [0.1, 0.15) is 31.0 Å². The van der Waals surface area contributed by atoms with Crippen LogP contribution in [-0.4, -0.2) is 47.7 Å². The van der Waals surface area contributed by atoms with Crippen molar-refractivity contribution in [3.63, 3.8) is 0 Å². The first-order valence-electron chi connectivity index (χ1n) is 9.92. The van der Waals surface area contributed by atoms with E-state index >= 15 is 0 Å². The Labute approximate surface area is 184 Å². The predicted molar refractivity (Wildman–Crippen MR) is 114 cm³/mol. The molecule has 2 heterocycles. The highest BCUT2D eigenvalue weighted by atomic mass is 35.5. The molecule has 7 nitrogen and oxygen atoms in total. The van der Waals surface area contributed by atoms with E-state index in [4.69, 9.17) is 25.8 Å². The zero-order chi connectivity index (χ0) is 22.1. The largest absolute Gasteiger partial charge is 0.507 e. The number of nitrogens with zero attached hydrogens (tertiary/aromatic N) is 1. The third kappa shape index (κ3) is 4.11. The Morgan fingerprint density at radius 2 is 1.87 bits per heavy atom. The molecular formula is C23H22ClNO6. The quantitative estimate of drug-likeness (QED) is 0.414. The van der Waals surface area contributed by atoms with Crippen molar-refractivity contribution in [1.29, 1.82) is 0 Å². The first-order valence-corrected chi connectivity index (χ1v) is 10.3. The Bertz CT molecular complexity index is 1050. The lowest BCUT2D eigenvalue weighted by molar-refractivity contribution is -0.140. The molecule has 1 unspecified atom stereocenters. The normalized spacial score (nSPS) is 19.5. The molecule has 1 saturated heterocycles. The van der Waals surface area contributed by atoms with Gasteiger partial charge in [0.15, 0.2) is 11.5 Å². The van der Waals surface area contributed by atoms with Gasteiger partial charge in [-0.3, -0.25) is 9.59 Å². The number of hydrogen-bond acceptors (Lipinski definition) is 6. The summed E-state index contributed by atoms with van der Waals surface area (Å²) in [7, 11) is 0. The zero-order valence-electron chi connectivity index (χ0n) is 17.1. The Morgan fingerprint density at radius 1 is 1.16 bits per heavy atom. The lowest BCUT2D eigenvalue weighted by Gasteiger charge is -2.25. The summed E-state index contributed by atoms with van der Waals surface area (Å²) in [6.07, 6.45) is -0.0144. The summed E-state index contributed by atoms with van der Waals surface area (Å²) in [5.74, 6) is -0.693. The SMILES string of the molecule is CC(C)OCCN1C(=O)C(=O)/C(=C(\O)c2ccc3c(c2)OCO3)C1c1ccc(Cl)cc1. The van der Waals surface area contributed by atoms with Crippen LogP contribution in [0.3, 0.4) is 0 Å². The molecule has 2 aliphatic heterocycles. The summed E-state index contributed by atoms with van der Waals surface area (Å²) < 4.78 is 16.3. The van der Waals surface area contributed by atoms with Gasteiger partial charge in [0.2, 0.25) is 6.79 Å². The average Bonchev–Trinajstić information content (AvgIpc) is 3.31. The summed E-state index contributed by atoms with van der Waals surface area (Å²) in [5, 5.41) is 11.6. The smallest absolute Gasteiger partial charge is 0.295 e. The van der Waals surface area contributed by atoms with Crippen LogP contribution in [-0.2, 0) is 14.3 Å². The number of Topliss-reactive ketones (excluding diaryl/α,β-unsaturated/α-hetero) is 1. The second kappa shape index (κ2) is 8.61. The molecule has 0 aromatic heterocycles. The molecule has 0 radical (unpaired) electrons. The second-order valence-corrected chi connectivity index (χ2v) is 7.97. The maximum atomic E-state index is 13.0. The number of halogens is 1. The number of aliphatic hydroxyl groups is 1. The van der Waals surface area contributed by atoms with Crippen LogP contribution in [0.25, 0.3) is 5.76 Å². The molecule has 1 atom stereocenters. The Morgan fingerprint density at radius 3 is 2.58 bits per heavy atom. The summed E-state index contributed by atoms with van der Waals surface area (Å²) in [5.41, 5.74) is 1.03. The standard InChI is InChI=1S/C23H22ClNO6/c1-13(2)29-10-9-25-20(14-3-6-16(24)7-4-14)19(22(27)23(25)28)21(26)15-5-8-17-18(11-15)31-12-30-17/h3-8,11,13,20,26H,9-10,12H2,1-2H3/b21-19-. The molecule has 0 bridgehead atoms. The van der Waals surface area contributed by atoms with Crippen LogP contribution in [0.15, 0.2) is 48.0 Å². The number of aliphatic hydroxyl groups excluding tert-OH is 1. The van der Waals surface area contributed by atoms with Gasteiger partial charge in [-0.1, -0.05) is 23.7 Å². The van der Waals surface area contributed by atoms with Gasteiger partial charge in [-0.05, 0) is 49.7 Å². The number of hydrogen-bond donors (Lipinski definition) is 1. The maximum Gasteiger partial charge on any atom is 0.295 e. The minimum Gasteiger partial charge on any atom is -0.507 e. The average molecular weight is 444 g/mol. The van der Waals surface area contributed by atoms with Crippen molar-refractivity contribution < 1.29 is 28.9 Å². The molecule has 0 aliphatic carbocycles. The van der Waals surface area contributed by atoms with Crippen LogP contribution >= 0.6 is 11.6 Å². The lowest BCUT2D eigenvalue weighted by atomic mass is 9.95. The van der Waals surface area contributed by atoms with E-state index in [0.29, 0.717) is 27.6 Å². The Balaban J connectivity index is 1.78. The van der Waals surface area contributed by atoms with E-state index in [2.05, 4.69) is 0 Å². The van der Waals surface area contributed by atoms with Crippen molar-refractivity contribution in [3.8, 4) is 11.5 Å². The Hall–Kier alpha value is -3.03. The van der Waals surface area contributed by atoms with Crippen molar-refractivity contribution in [2.24, 2.45) is 0 Å². The first kappa shape index (κ1) is 21.2. The van der Waals surface area contributed by atoms with E-state index in [1.54, 1.807) is 42.5 Å². The fraction of sp³-hybridized carbons (Fsp3) is 0.304. The molecule has 0 spiro atoms. The number of rotatable bonds is 6. The topological polar surface area (TPSA) is 85.3 Å².